The molecule has 0 spiro atoms. The predicted molar refractivity (Wildman–Crippen MR) is 63.6 cm³/mol. The first-order chi connectivity index (χ1) is 8.25. The van der Waals surface area contributed by atoms with E-state index in [4.69, 9.17) is 0 Å². The van der Waals surface area contributed by atoms with Crippen LogP contribution >= 0.6 is 0 Å². The quantitative estimate of drug-likeness (QED) is 0.714. The lowest BCUT2D eigenvalue weighted by Crippen LogP contribution is -2.55. The van der Waals surface area contributed by atoms with Crippen molar-refractivity contribution in [3.8, 4) is 0 Å². The molecule has 1 amide bonds. The van der Waals surface area contributed by atoms with E-state index in [-0.39, 0.29) is 5.91 Å². The molecule has 2 saturated heterocycles. The highest BCUT2D eigenvalue weighted by Crippen LogP contribution is 2.32. The van der Waals surface area contributed by atoms with Crippen molar-refractivity contribution in [3.05, 3.63) is 18.5 Å². The SMILES string of the molecule is CC(=O)N1CC2CCC(C1)N2c1ncccn1. The fourth-order valence-electron chi connectivity index (χ4n) is 2.91. The van der Waals surface area contributed by atoms with Crippen molar-refractivity contribution in [2.75, 3.05) is 18.0 Å². The second-order valence-corrected chi connectivity index (χ2v) is 4.77. The number of likely N-dealkylation sites (tertiary alicyclic amines) is 1. The van der Waals surface area contributed by atoms with Gasteiger partial charge in [0.1, 0.15) is 0 Å². The third-order valence-corrected chi connectivity index (χ3v) is 3.71. The number of aromatic nitrogens is 2. The third-order valence-electron chi connectivity index (χ3n) is 3.71. The molecule has 3 heterocycles. The Kier molecular flexibility index (Phi) is 2.46. The number of amides is 1. The number of carbonyl (C=O) groups excluding carboxylic acids is 1. The zero-order valence-electron chi connectivity index (χ0n) is 9.91. The van der Waals surface area contributed by atoms with Gasteiger partial charge >= 0.3 is 0 Å². The molecule has 0 saturated carbocycles. The van der Waals surface area contributed by atoms with E-state index in [2.05, 4.69) is 14.9 Å². The van der Waals surface area contributed by atoms with Gasteiger partial charge in [-0.25, -0.2) is 9.97 Å². The highest BCUT2D eigenvalue weighted by molar-refractivity contribution is 5.73. The van der Waals surface area contributed by atoms with Gasteiger partial charge in [0.25, 0.3) is 0 Å². The molecule has 2 unspecified atom stereocenters. The summed E-state index contributed by atoms with van der Waals surface area (Å²) in [5, 5.41) is 0. The van der Waals surface area contributed by atoms with E-state index < -0.39 is 0 Å². The minimum atomic E-state index is 0.176. The fraction of sp³-hybridized carbons (Fsp3) is 0.583. The van der Waals surface area contributed by atoms with Crippen LogP contribution in [0.15, 0.2) is 18.5 Å². The normalized spacial score (nSPS) is 27.4. The van der Waals surface area contributed by atoms with E-state index in [1.54, 1.807) is 19.3 Å². The second kappa shape index (κ2) is 3.98. The summed E-state index contributed by atoms with van der Waals surface area (Å²) in [5.41, 5.74) is 0. The maximum atomic E-state index is 11.4. The average Bonchev–Trinajstić information content (AvgIpc) is 2.60. The summed E-state index contributed by atoms with van der Waals surface area (Å²) in [5.74, 6) is 0.985. The van der Waals surface area contributed by atoms with E-state index in [9.17, 15) is 4.79 Å². The van der Waals surface area contributed by atoms with Crippen LogP contribution in [0, 0.1) is 0 Å². The van der Waals surface area contributed by atoms with Gasteiger partial charge in [0, 0.05) is 44.5 Å². The molecule has 0 radical (unpaired) electrons. The third kappa shape index (κ3) is 1.75. The first kappa shape index (κ1) is 10.5. The van der Waals surface area contributed by atoms with Crippen LogP contribution in [0.4, 0.5) is 5.95 Å². The minimum absolute atomic E-state index is 0.176. The lowest BCUT2D eigenvalue weighted by Gasteiger charge is -2.40. The lowest BCUT2D eigenvalue weighted by atomic mass is 10.2. The second-order valence-electron chi connectivity index (χ2n) is 4.77. The van der Waals surface area contributed by atoms with E-state index in [1.165, 1.54) is 0 Å². The molecule has 1 aromatic rings. The summed E-state index contributed by atoms with van der Waals surface area (Å²) < 4.78 is 0. The average molecular weight is 232 g/mol. The Morgan fingerprint density at radius 1 is 1.24 bits per heavy atom. The number of rotatable bonds is 1. The Labute approximate surface area is 100 Å². The molecule has 5 heteroatoms. The van der Waals surface area contributed by atoms with Gasteiger partial charge in [-0.3, -0.25) is 4.79 Å². The Morgan fingerprint density at radius 3 is 2.35 bits per heavy atom. The molecule has 0 aromatic carbocycles. The van der Waals surface area contributed by atoms with Gasteiger partial charge in [-0.1, -0.05) is 0 Å². The highest BCUT2D eigenvalue weighted by atomic mass is 16.2. The summed E-state index contributed by atoms with van der Waals surface area (Å²) in [7, 11) is 0. The summed E-state index contributed by atoms with van der Waals surface area (Å²) in [6, 6.07) is 2.61. The number of hydrogen-bond donors (Lipinski definition) is 0. The van der Waals surface area contributed by atoms with Gasteiger partial charge in [0.2, 0.25) is 11.9 Å². The summed E-state index contributed by atoms with van der Waals surface area (Å²) >= 11 is 0. The van der Waals surface area contributed by atoms with Gasteiger partial charge in [0.05, 0.1) is 0 Å². The maximum absolute atomic E-state index is 11.4. The summed E-state index contributed by atoms with van der Waals surface area (Å²) in [4.78, 5) is 24.3. The molecule has 2 bridgehead atoms. The summed E-state index contributed by atoms with van der Waals surface area (Å²) in [6.07, 6.45) is 5.82. The van der Waals surface area contributed by atoms with Crippen molar-refractivity contribution in [3.63, 3.8) is 0 Å². The van der Waals surface area contributed by atoms with Crippen molar-refractivity contribution >= 4 is 11.9 Å². The van der Waals surface area contributed by atoms with Crippen molar-refractivity contribution in [2.24, 2.45) is 0 Å². The first-order valence-corrected chi connectivity index (χ1v) is 6.06. The minimum Gasteiger partial charge on any atom is -0.339 e. The predicted octanol–water partition coefficient (Wildman–Crippen LogP) is 0.676. The van der Waals surface area contributed by atoms with Gasteiger partial charge < -0.3 is 9.80 Å². The molecule has 0 N–H and O–H groups in total. The molecule has 2 fully saturated rings. The molecular weight excluding hydrogens is 216 g/mol. The lowest BCUT2D eigenvalue weighted by molar-refractivity contribution is -0.129. The molecule has 2 atom stereocenters. The number of carbonyl (C=O) groups is 1. The van der Waals surface area contributed by atoms with Crippen LogP contribution < -0.4 is 4.90 Å². The van der Waals surface area contributed by atoms with Crippen LogP contribution in [0.25, 0.3) is 0 Å². The standard InChI is InChI=1S/C12H16N4O/c1-9(17)15-7-10-3-4-11(8-15)16(10)12-13-5-2-6-14-12/h2,5-6,10-11H,3-4,7-8H2,1H3. The van der Waals surface area contributed by atoms with E-state index in [1.807, 2.05) is 11.0 Å². The molecule has 2 aliphatic rings. The molecule has 2 aliphatic heterocycles. The number of anilines is 1. The molecule has 1 aromatic heterocycles. The Bertz CT molecular complexity index is 408. The number of nitrogens with zero attached hydrogens (tertiary/aromatic N) is 4. The van der Waals surface area contributed by atoms with E-state index >= 15 is 0 Å². The van der Waals surface area contributed by atoms with Crippen LogP contribution in [-0.2, 0) is 4.79 Å². The topological polar surface area (TPSA) is 49.3 Å². The van der Waals surface area contributed by atoms with Gasteiger partial charge in [0.15, 0.2) is 0 Å². The Morgan fingerprint density at radius 2 is 1.82 bits per heavy atom. The van der Waals surface area contributed by atoms with Crippen molar-refractivity contribution < 1.29 is 4.79 Å². The number of hydrogen-bond acceptors (Lipinski definition) is 4. The molecule has 90 valence electrons. The maximum Gasteiger partial charge on any atom is 0.225 e. The van der Waals surface area contributed by atoms with E-state index in [0.717, 1.165) is 31.9 Å². The number of fused-ring (bicyclic) bond motifs is 2. The van der Waals surface area contributed by atoms with Gasteiger partial charge in [-0.15, -0.1) is 0 Å². The Hall–Kier alpha value is -1.65. The number of piperazine rings is 1. The largest absolute Gasteiger partial charge is 0.339 e. The molecule has 0 aliphatic carbocycles. The van der Waals surface area contributed by atoms with Crippen LogP contribution in [0.1, 0.15) is 19.8 Å². The van der Waals surface area contributed by atoms with E-state index in [0.29, 0.717) is 12.1 Å². The molecule has 3 rings (SSSR count). The molecule has 5 nitrogen and oxygen atoms in total. The molecular formula is C12H16N4O. The van der Waals surface area contributed by atoms with Crippen LogP contribution in [0.3, 0.4) is 0 Å². The monoisotopic (exact) mass is 232 g/mol. The Balaban J connectivity index is 1.84. The van der Waals surface area contributed by atoms with Gasteiger partial charge in [-0.2, -0.15) is 0 Å². The zero-order valence-corrected chi connectivity index (χ0v) is 9.91. The van der Waals surface area contributed by atoms with Crippen LogP contribution in [-0.4, -0.2) is 45.9 Å². The highest BCUT2D eigenvalue weighted by Gasteiger charge is 2.41. The van der Waals surface area contributed by atoms with Crippen molar-refractivity contribution in [1.29, 1.82) is 0 Å². The van der Waals surface area contributed by atoms with Crippen molar-refractivity contribution in [1.82, 2.24) is 14.9 Å². The van der Waals surface area contributed by atoms with Crippen molar-refractivity contribution in [2.45, 2.75) is 31.8 Å². The van der Waals surface area contributed by atoms with Gasteiger partial charge in [-0.05, 0) is 18.9 Å². The fourth-order valence-corrected chi connectivity index (χ4v) is 2.91. The molecule has 17 heavy (non-hydrogen) atoms. The first-order valence-electron chi connectivity index (χ1n) is 6.06. The summed E-state index contributed by atoms with van der Waals surface area (Å²) in [6.45, 7) is 3.27. The smallest absolute Gasteiger partial charge is 0.225 e. The van der Waals surface area contributed by atoms with Crippen LogP contribution in [0.5, 0.6) is 0 Å². The van der Waals surface area contributed by atoms with Crippen LogP contribution in [0.2, 0.25) is 0 Å². The zero-order chi connectivity index (χ0) is 11.8.